The lowest BCUT2D eigenvalue weighted by Gasteiger charge is -2.37. The Hall–Kier alpha value is -1.06. The molecule has 1 amide bonds. The van der Waals surface area contributed by atoms with Crippen LogP contribution < -0.4 is 5.32 Å². The van der Waals surface area contributed by atoms with E-state index in [1.54, 1.807) is 7.05 Å². The monoisotopic (exact) mass is 519 g/mol. The molecule has 1 aromatic rings. The Kier molecular flexibility index (Phi) is 9.30. The van der Waals surface area contributed by atoms with E-state index in [2.05, 4.69) is 27.2 Å². The van der Waals surface area contributed by atoms with Crippen LogP contribution in [0.4, 0.5) is 0 Å². The average molecular weight is 520 g/mol. The quantitative estimate of drug-likeness (QED) is 0.377. The Morgan fingerprint density at radius 3 is 2.46 bits per heavy atom. The Morgan fingerprint density at radius 1 is 1.18 bits per heavy atom. The van der Waals surface area contributed by atoms with Crippen molar-refractivity contribution in [2.24, 2.45) is 10.9 Å². The third-order valence-corrected chi connectivity index (χ3v) is 5.76. The molecule has 0 aliphatic carbocycles. The summed E-state index contributed by atoms with van der Waals surface area (Å²) in [6, 6.07) is 7.69. The molecule has 28 heavy (non-hydrogen) atoms. The molecule has 0 atom stereocenters. The third kappa shape index (κ3) is 6.49. The molecule has 0 aromatic heterocycles. The summed E-state index contributed by atoms with van der Waals surface area (Å²) in [6.07, 6.45) is 2.43. The third-order valence-electron chi connectivity index (χ3n) is 5.50. The standard InChI is InChI=1S/C20H30ClN5O.HI/c1-22-20(23-13-16-7-9-24(2)10-8-16)26-12-11-25(19(27)15-26)14-17-3-5-18(21)6-4-17;/h3-6,16H,7-15H2,1-2H3,(H,22,23);1H. The van der Waals surface area contributed by atoms with E-state index < -0.39 is 0 Å². The molecular formula is C20H31ClIN5O. The van der Waals surface area contributed by atoms with Gasteiger partial charge in [-0.1, -0.05) is 23.7 Å². The van der Waals surface area contributed by atoms with Crippen LogP contribution in [0.3, 0.4) is 0 Å². The molecule has 1 aromatic carbocycles. The van der Waals surface area contributed by atoms with Gasteiger partial charge in [0.05, 0.1) is 6.54 Å². The van der Waals surface area contributed by atoms with E-state index >= 15 is 0 Å². The van der Waals surface area contributed by atoms with Gasteiger partial charge in [-0.2, -0.15) is 0 Å². The number of aliphatic imine (C=N–C) groups is 1. The minimum absolute atomic E-state index is 0. The number of likely N-dealkylation sites (tertiary alicyclic amines) is 1. The van der Waals surface area contributed by atoms with Crippen LogP contribution in [0.25, 0.3) is 0 Å². The second-order valence-corrected chi connectivity index (χ2v) is 7.97. The van der Waals surface area contributed by atoms with Crippen LogP contribution in [0.2, 0.25) is 5.02 Å². The van der Waals surface area contributed by atoms with Gasteiger partial charge in [-0.05, 0) is 56.6 Å². The van der Waals surface area contributed by atoms with Gasteiger partial charge in [0, 0.05) is 38.2 Å². The number of amides is 1. The highest BCUT2D eigenvalue weighted by Crippen LogP contribution is 2.16. The number of guanidine groups is 1. The lowest BCUT2D eigenvalue weighted by atomic mass is 9.97. The fourth-order valence-electron chi connectivity index (χ4n) is 3.70. The van der Waals surface area contributed by atoms with Crippen molar-refractivity contribution < 1.29 is 4.79 Å². The zero-order valence-electron chi connectivity index (χ0n) is 16.7. The predicted molar refractivity (Wildman–Crippen MR) is 125 cm³/mol. The molecule has 2 saturated heterocycles. The molecule has 6 nitrogen and oxygen atoms in total. The summed E-state index contributed by atoms with van der Waals surface area (Å²) >= 11 is 5.94. The van der Waals surface area contributed by atoms with E-state index in [0.29, 0.717) is 25.6 Å². The summed E-state index contributed by atoms with van der Waals surface area (Å²) in [7, 11) is 3.97. The number of benzene rings is 1. The van der Waals surface area contributed by atoms with Crippen molar-refractivity contribution in [3.63, 3.8) is 0 Å². The maximum Gasteiger partial charge on any atom is 0.242 e. The van der Waals surface area contributed by atoms with Crippen LogP contribution in [0.5, 0.6) is 0 Å². The van der Waals surface area contributed by atoms with Crippen LogP contribution in [0.15, 0.2) is 29.3 Å². The molecule has 0 unspecified atom stereocenters. The highest BCUT2D eigenvalue weighted by molar-refractivity contribution is 14.0. The largest absolute Gasteiger partial charge is 0.356 e. The first kappa shape index (κ1) is 23.2. The number of piperidine rings is 1. The van der Waals surface area contributed by atoms with Crippen LogP contribution in [-0.4, -0.2) is 79.9 Å². The Bertz CT molecular complexity index is 661. The lowest BCUT2D eigenvalue weighted by Crippen LogP contribution is -2.55. The predicted octanol–water partition coefficient (Wildman–Crippen LogP) is 2.52. The van der Waals surface area contributed by atoms with Gasteiger partial charge in [-0.15, -0.1) is 24.0 Å². The zero-order chi connectivity index (χ0) is 19.2. The van der Waals surface area contributed by atoms with E-state index in [-0.39, 0.29) is 29.9 Å². The fourth-order valence-corrected chi connectivity index (χ4v) is 3.83. The van der Waals surface area contributed by atoms with Crippen molar-refractivity contribution in [2.75, 3.05) is 53.4 Å². The number of nitrogens with zero attached hydrogens (tertiary/aromatic N) is 4. The topological polar surface area (TPSA) is 51.2 Å². The van der Waals surface area contributed by atoms with Crippen LogP contribution in [-0.2, 0) is 11.3 Å². The average Bonchev–Trinajstić information content (AvgIpc) is 2.67. The number of halogens is 2. The SMILES string of the molecule is CN=C(NCC1CCN(C)CC1)N1CCN(Cc2ccc(Cl)cc2)C(=O)C1.I. The van der Waals surface area contributed by atoms with Gasteiger partial charge in [-0.25, -0.2) is 0 Å². The highest BCUT2D eigenvalue weighted by Gasteiger charge is 2.26. The Labute approximate surface area is 190 Å². The van der Waals surface area contributed by atoms with Crippen LogP contribution >= 0.6 is 35.6 Å². The number of carbonyl (C=O) groups is 1. The van der Waals surface area contributed by atoms with Gasteiger partial charge in [0.2, 0.25) is 5.91 Å². The number of carbonyl (C=O) groups excluding carboxylic acids is 1. The number of rotatable bonds is 4. The second-order valence-electron chi connectivity index (χ2n) is 7.54. The molecule has 156 valence electrons. The summed E-state index contributed by atoms with van der Waals surface area (Å²) in [6.45, 7) is 5.76. The number of hydrogen-bond donors (Lipinski definition) is 1. The molecule has 1 N–H and O–H groups in total. The minimum Gasteiger partial charge on any atom is -0.356 e. The molecule has 0 bridgehead atoms. The molecule has 0 saturated carbocycles. The second kappa shape index (κ2) is 11.2. The van der Waals surface area contributed by atoms with E-state index in [1.165, 1.54) is 12.8 Å². The van der Waals surface area contributed by atoms with E-state index in [0.717, 1.165) is 42.7 Å². The molecular weight excluding hydrogens is 489 g/mol. The van der Waals surface area contributed by atoms with Crippen molar-refractivity contribution >= 4 is 47.4 Å². The first-order valence-corrected chi connectivity index (χ1v) is 10.1. The Morgan fingerprint density at radius 2 is 1.86 bits per heavy atom. The molecule has 0 radical (unpaired) electrons. The van der Waals surface area contributed by atoms with Gasteiger partial charge >= 0.3 is 0 Å². The van der Waals surface area contributed by atoms with E-state index in [4.69, 9.17) is 11.6 Å². The van der Waals surface area contributed by atoms with Crippen molar-refractivity contribution in [3.05, 3.63) is 34.9 Å². The van der Waals surface area contributed by atoms with Crippen molar-refractivity contribution in [1.82, 2.24) is 20.0 Å². The first-order valence-electron chi connectivity index (χ1n) is 9.71. The minimum atomic E-state index is 0. The summed E-state index contributed by atoms with van der Waals surface area (Å²) in [5, 5.41) is 4.20. The van der Waals surface area contributed by atoms with Gasteiger partial charge in [0.25, 0.3) is 0 Å². The summed E-state index contributed by atoms with van der Waals surface area (Å²) < 4.78 is 0. The number of nitrogens with one attached hydrogen (secondary N) is 1. The molecule has 2 fully saturated rings. The lowest BCUT2D eigenvalue weighted by molar-refractivity contribution is -0.135. The number of hydrogen-bond acceptors (Lipinski definition) is 3. The maximum atomic E-state index is 12.6. The van der Waals surface area contributed by atoms with Crippen LogP contribution in [0, 0.1) is 5.92 Å². The summed E-state index contributed by atoms with van der Waals surface area (Å²) in [5.41, 5.74) is 1.10. The van der Waals surface area contributed by atoms with Crippen molar-refractivity contribution in [3.8, 4) is 0 Å². The highest BCUT2D eigenvalue weighted by atomic mass is 127. The normalized spacial score (nSPS) is 19.5. The Balaban J connectivity index is 0.00000280. The van der Waals surface area contributed by atoms with Crippen molar-refractivity contribution in [1.29, 1.82) is 0 Å². The molecule has 3 rings (SSSR count). The van der Waals surface area contributed by atoms with Gasteiger partial charge in [-0.3, -0.25) is 9.79 Å². The van der Waals surface area contributed by atoms with Gasteiger partial charge < -0.3 is 20.0 Å². The zero-order valence-corrected chi connectivity index (χ0v) is 19.8. The first-order chi connectivity index (χ1) is 13.0. The molecule has 8 heteroatoms. The van der Waals surface area contributed by atoms with E-state index in [1.807, 2.05) is 29.2 Å². The molecule has 0 spiro atoms. The summed E-state index contributed by atoms with van der Waals surface area (Å²) in [4.78, 5) is 23.4. The maximum absolute atomic E-state index is 12.6. The van der Waals surface area contributed by atoms with Gasteiger partial charge in [0.15, 0.2) is 5.96 Å². The smallest absolute Gasteiger partial charge is 0.242 e. The van der Waals surface area contributed by atoms with Crippen molar-refractivity contribution in [2.45, 2.75) is 19.4 Å². The van der Waals surface area contributed by atoms with Crippen LogP contribution in [0.1, 0.15) is 18.4 Å². The fraction of sp³-hybridized carbons (Fsp3) is 0.600. The van der Waals surface area contributed by atoms with E-state index in [9.17, 15) is 4.79 Å². The number of piperazine rings is 1. The van der Waals surface area contributed by atoms with Gasteiger partial charge in [0.1, 0.15) is 0 Å². The summed E-state index contributed by atoms with van der Waals surface area (Å²) in [5.74, 6) is 1.66. The molecule has 2 heterocycles. The molecule has 2 aliphatic heterocycles. The molecule has 2 aliphatic rings.